The van der Waals surface area contributed by atoms with Crippen LogP contribution in [0.25, 0.3) is 0 Å². The Kier molecular flexibility index (Phi) is 7.28. The molecule has 0 spiro atoms. The summed E-state index contributed by atoms with van der Waals surface area (Å²) in [5, 5.41) is 0. The number of anilines is 1. The number of para-hydroxylation sites is 1. The quantitative estimate of drug-likeness (QED) is 0.453. The van der Waals surface area contributed by atoms with E-state index in [0.717, 1.165) is 44.9 Å². The van der Waals surface area contributed by atoms with Gasteiger partial charge in [0.05, 0.1) is 37.4 Å². The number of amides is 2. The van der Waals surface area contributed by atoms with Gasteiger partial charge < -0.3 is 4.74 Å². The van der Waals surface area contributed by atoms with E-state index < -0.39 is 0 Å². The fraction of sp³-hybridized carbons (Fsp3) is 0.538. The number of imide groups is 1. The molecule has 2 aliphatic heterocycles. The smallest absolute Gasteiger partial charge is 0.251 e. The highest BCUT2D eigenvalue weighted by Crippen LogP contribution is 2.36. The van der Waals surface area contributed by atoms with E-state index in [9.17, 15) is 14.4 Å². The van der Waals surface area contributed by atoms with Crippen molar-refractivity contribution in [2.45, 2.75) is 39.2 Å². The molecule has 0 N–H and O–H groups in total. The van der Waals surface area contributed by atoms with Crippen molar-refractivity contribution in [3.05, 3.63) is 41.7 Å². The Morgan fingerprint density at radius 2 is 1.76 bits per heavy atom. The van der Waals surface area contributed by atoms with Crippen LogP contribution in [0.4, 0.5) is 5.69 Å². The van der Waals surface area contributed by atoms with Crippen LogP contribution in [-0.4, -0.2) is 86.0 Å². The van der Waals surface area contributed by atoms with Crippen molar-refractivity contribution in [3.63, 3.8) is 0 Å². The van der Waals surface area contributed by atoms with Gasteiger partial charge in [0, 0.05) is 51.8 Å². The van der Waals surface area contributed by atoms with Crippen LogP contribution in [0.1, 0.15) is 33.1 Å². The van der Waals surface area contributed by atoms with E-state index in [0.29, 0.717) is 24.2 Å². The van der Waals surface area contributed by atoms with Crippen molar-refractivity contribution in [1.29, 1.82) is 0 Å². The van der Waals surface area contributed by atoms with Gasteiger partial charge >= 0.3 is 0 Å². The van der Waals surface area contributed by atoms with Crippen molar-refractivity contribution in [2.75, 3.05) is 51.3 Å². The van der Waals surface area contributed by atoms with Gasteiger partial charge in [-0.15, -0.1) is 0 Å². The fourth-order valence-corrected chi connectivity index (χ4v) is 5.01. The van der Waals surface area contributed by atoms with Crippen LogP contribution in [0.2, 0.25) is 0 Å². The first-order valence-corrected chi connectivity index (χ1v) is 12.0. The lowest BCUT2D eigenvalue weighted by Gasteiger charge is -2.36. The molecule has 0 aromatic heterocycles. The van der Waals surface area contributed by atoms with Gasteiger partial charge in [-0.05, 0) is 17.5 Å². The standard InChI is InChI=1S/C26H34N4O4/c1-26(2)16-22(31)20(23(17-26)34-3)18-27-9-10-28-11-13-29(14-12-28)21-15-24(32)30(25(21)33)19-7-5-4-6-8-19/h4-8,18,21H,9-17H2,1-3H3/t21-/m0/s1. The highest BCUT2D eigenvalue weighted by Gasteiger charge is 2.43. The molecule has 1 atom stereocenters. The largest absolute Gasteiger partial charge is 0.500 e. The number of rotatable bonds is 7. The number of aliphatic imine (C=N–C) groups is 1. The highest BCUT2D eigenvalue weighted by atomic mass is 16.5. The maximum atomic E-state index is 13.0. The Hall–Kier alpha value is -2.84. The van der Waals surface area contributed by atoms with E-state index in [1.165, 1.54) is 4.90 Å². The lowest BCUT2D eigenvalue weighted by molar-refractivity contribution is -0.123. The number of carbonyl (C=O) groups is 3. The van der Waals surface area contributed by atoms with E-state index in [1.807, 2.05) is 18.2 Å². The van der Waals surface area contributed by atoms with Crippen LogP contribution in [0.5, 0.6) is 0 Å². The van der Waals surface area contributed by atoms with E-state index in [1.54, 1.807) is 25.5 Å². The second kappa shape index (κ2) is 10.2. The second-order valence-electron chi connectivity index (χ2n) is 10.0. The molecule has 4 rings (SSSR count). The number of nitrogens with zero attached hydrogens (tertiary/aromatic N) is 4. The molecular formula is C26H34N4O4. The van der Waals surface area contributed by atoms with Gasteiger partial charge in [-0.1, -0.05) is 32.0 Å². The van der Waals surface area contributed by atoms with Gasteiger partial charge in [0.15, 0.2) is 5.78 Å². The first kappa shape index (κ1) is 24.3. The third-order valence-corrected chi connectivity index (χ3v) is 6.88. The predicted molar refractivity (Wildman–Crippen MR) is 131 cm³/mol. The maximum Gasteiger partial charge on any atom is 0.251 e. The van der Waals surface area contributed by atoms with Gasteiger partial charge in [-0.3, -0.25) is 29.2 Å². The van der Waals surface area contributed by atoms with Crippen molar-refractivity contribution < 1.29 is 19.1 Å². The molecule has 0 bridgehead atoms. The summed E-state index contributed by atoms with van der Waals surface area (Å²) >= 11 is 0. The number of hydrogen-bond donors (Lipinski definition) is 0. The normalized spacial score (nSPS) is 24.5. The number of piperazine rings is 1. The number of benzene rings is 1. The Morgan fingerprint density at radius 1 is 1.06 bits per heavy atom. The van der Waals surface area contributed by atoms with Crippen LogP contribution in [0, 0.1) is 5.41 Å². The SMILES string of the molecule is COC1=C(C=NCCN2CCN([C@H]3CC(=O)N(c4ccccc4)C3=O)CC2)C(=O)CC(C)(C)C1. The molecule has 0 unspecified atom stereocenters. The summed E-state index contributed by atoms with van der Waals surface area (Å²) in [6, 6.07) is 8.75. The molecule has 0 saturated carbocycles. The molecule has 1 aromatic rings. The number of hydrogen-bond acceptors (Lipinski definition) is 7. The first-order valence-electron chi connectivity index (χ1n) is 12.0. The molecule has 0 radical (unpaired) electrons. The van der Waals surface area contributed by atoms with Crippen molar-refractivity contribution in [3.8, 4) is 0 Å². The van der Waals surface area contributed by atoms with Crippen LogP contribution < -0.4 is 4.90 Å². The molecule has 3 aliphatic rings. The third kappa shape index (κ3) is 5.28. The lowest BCUT2D eigenvalue weighted by Crippen LogP contribution is -2.52. The van der Waals surface area contributed by atoms with Gasteiger partial charge in [-0.25, -0.2) is 4.90 Å². The summed E-state index contributed by atoms with van der Waals surface area (Å²) in [5.41, 5.74) is 1.16. The monoisotopic (exact) mass is 466 g/mol. The number of ether oxygens (including phenoxy) is 1. The van der Waals surface area contributed by atoms with Crippen LogP contribution in [0.3, 0.4) is 0 Å². The number of carbonyl (C=O) groups excluding carboxylic acids is 3. The van der Waals surface area contributed by atoms with E-state index in [-0.39, 0.29) is 35.5 Å². The van der Waals surface area contributed by atoms with Crippen LogP contribution in [0.15, 0.2) is 46.7 Å². The molecule has 2 heterocycles. The summed E-state index contributed by atoms with van der Waals surface area (Å²) in [5.74, 6) is 0.546. The Morgan fingerprint density at radius 3 is 2.44 bits per heavy atom. The molecule has 8 heteroatoms. The molecular weight excluding hydrogens is 432 g/mol. The van der Waals surface area contributed by atoms with Crippen LogP contribution >= 0.6 is 0 Å². The summed E-state index contributed by atoms with van der Waals surface area (Å²) in [6.45, 7) is 8.64. The minimum atomic E-state index is -0.381. The molecule has 34 heavy (non-hydrogen) atoms. The molecule has 8 nitrogen and oxygen atoms in total. The zero-order chi connectivity index (χ0) is 24.3. The van der Waals surface area contributed by atoms with Gasteiger partial charge in [0.25, 0.3) is 5.91 Å². The maximum absolute atomic E-state index is 13.0. The second-order valence-corrected chi connectivity index (χ2v) is 10.0. The Labute approximate surface area is 201 Å². The van der Waals surface area contributed by atoms with Crippen molar-refractivity contribution in [2.24, 2.45) is 10.4 Å². The summed E-state index contributed by atoms with van der Waals surface area (Å²) in [4.78, 5) is 48.2. The fourth-order valence-electron chi connectivity index (χ4n) is 5.01. The zero-order valence-electron chi connectivity index (χ0n) is 20.3. The van der Waals surface area contributed by atoms with E-state index in [4.69, 9.17) is 4.74 Å². The van der Waals surface area contributed by atoms with Crippen molar-refractivity contribution >= 4 is 29.5 Å². The van der Waals surface area contributed by atoms with Gasteiger partial charge in [-0.2, -0.15) is 0 Å². The lowest BCUT2D eigenvalue weighted by atomic mass is 9.77. The number of ketones is 1. The average molecular weight is 467 g/mol. The topological polar surface area (TPSA) is 82.5 Å². The molecule has 1 aliphatic carbocycles. The van der Waals surface area contributed by atoms with Crippen LogP contribution in [-0.2, 0) is 19.1 Å². The van der Waals surface area contributed by atoms with E-state index in [2.05, 4.69) is 28.6 Å². The summed E-state index contributed by atoms with van der Waals surface area (Å²) < 4.78 is 5.47. The number of Topliss-reactive ketones (excluding diaryl/α,β-unsaturated/α-hetero) is 1. The molecule has 2 amide bonds. The van der Waals surface area contributed by atoms with E-state index >= 15 is 0 Å². The molecule has 182 valence electrons. The third-order valence-electron chi connectivity index (χ3n) is 6.88. The molecule has 1 aromatic carbocycles. The minimum absolute atomic E-state index is 0.0805. The van der Waals surface area contributed by atoms with Gasteiger partial charge in [0.2, 0.25) is 5.91 Å². The minimum Gasteiger partial charge on any atom is -0.500 e. The first-order chi connectivity index (χ1) is 16.3. The zero-order valence-corrected chi connectivity index (χ0v) is 20.3. The van der Waals surface area contributed by atoms with Gasteiger partial charge in [0.1, 0.15) is 5.76 Å². The number of allylic oxidation sites excluding steroid dienone is 2. The Balaban J connectivity index is 1.26. The molecule has 2 fully saturated rings. The summed E-state index contributed by atoms with van der Waals surface area (Å²) in [7, 11) is 1.61. The highest BCUT2D eigenvalue weighted by molar-refractivity contribution is 6.22. The van der Waals surface area contributed by atoms with Crippen molar-refractivity contribution in [1.82, 2.24) is 9.80 Å². The predicted octanol–water partition coefficient (Wildman–Crippen LogP) is 2.30. The molecule has 2 saturated heterocycles. The average Bonchev–Trinajstić information content (AvgIpc) is 3.11. The summed E-state index contributed by atoms with van der Waals surface area (Å²) in [6.07, 6.45) is 3.16. The number of methoxy groups -OCH3 is 1. The Bertz CT molecular complexity index is 993.